The number of phenols is 1. The fourth-order valence-electron chi connectivity index (χ4n) is 6.80. The van der Waals surface area contributed by atoms with Gasteiger partial charge >= 0.3 is 0 Å². The summed E-state index contributed by atoms with van der Waals surface area (Å²) in [6.45, 7) is 1.45. The summed E-state index contributed by atoms with van der Waals surface area (Å²) in [5, 5.41) is 91.7. The fourth-order valence-corrected chi connectivity index (χ4v) is 10.8. The lowest BCUT2D eigenvalue weighted by atomic mass is 10.1. The number of azo groups is 3. The number of nitrogens with one attached hydrogen (secondary N) is 1. The molecule has 27 nitrogen and oxygen atoms in total. The Hall–Kier alpha value is -7.14. The zero-order valence-corrected chi connectivity index (χ0v) is 41.1. The van der Waals surface area contributed by atoms with E-state index in [1.54, 1.807) is 42.5 Å². The monoisotopic (exact) mass is 1110 g/mol. The number of hydrogen-bond acceptors (Lipinski definition) is 27. The van der Waals surface area contributed by atoms with Crippen LogP contribution in [0.1, 0.15) is 21.5 Å². The van der Waals surface area contributed by atoms with Gasteiger partial charge < -0.3 is 15.5 Å². The van der Waals surface area contributed by atoms with Crippen molar-refractivity contribution in [2.24, 2.45) is 30.7 Å². The molecule has 0 saturated heterocycles. The number of pyridine rings is 1. The van der Waals surface area contributed by atoms with E-state index in [1.807, 2.05) is 6.07 Å². The number of fused-ring (bicyclic) bond motifs is 4. The first kappa shape index (κ1) is 52.2. The summed E-state index contributed by atoms with van der Waals surface area (Å²) < 4.78 is 83.8. The van der Waals surface area contributed by atoms with Gasteiger partial charge in [0.1, 0.15) is 44.2 Å². The molecule has 0 unspecified atom stereocenters. The molecule has 33 heteroatoms. The normalized spacial score (nSPS) is 12.3. The van der Waals surface area contributed by atoms with Crippen LogP contribution in [-0.2, 0) is 39.0 Å². The average Bonchev–Trinajstić information content (AvgIpc) is 3.99. The summed E-state index contributed by atoms with van der Waals surface area (Å²) in [4.78, 5) is 15.6. The van der Waals surface area contributed by atoms with Crippen LogP contribution in [0.3, 0.4) is 0 Å². The Morgan fingerprint density at radius 3 is 2.25 bits per heavy atom. The molecule has 1 amide bonds. The summed E-state index contributed by atoms with van der Waals surface area (Å²) in [5.74, 6) is -1.28. The molecule has 374 valence electrons. The van der Waals surface area contributed by atoms with E-state index in [-0.39, 0.29) is 62.0 Å². The van der Waals surface area contributed by atoms with Gasteiger partial charge in [0, 0.05) is 45.4 Å². The van der Waals surface area contributed by atoms with Crippen molar-refractivity contribution < 1.29 is 70.2 Å². The lowest BCUT2D eigenvalue weighted by Gasteiger charge is -2.13. The first-order chi connectivity index (χ1) is 35.0. The molecule has 73 heavy (non-hydrogen) atoms. The van der Waals surface area contributed by atoms with Crippen LogP contribution in [0, 0.1) is 18.3 Å². The second kappa shape index (κ2) is 22.3. The van der Waals surface area contributed by atoms with E-state index in [0.717, 1.165) is 53.7 Å². The number of carbonyl (C=O) groups excluding carboxylic acids is 1. The van der Waals surface area contributed by atoms with E-state index in [4.69, 9.17) is 10.5 Å². The molecule has 5 aromatic carbocycles. The van der Waals surface area contributed by atoms with Crippen LogP contribution in [0.25, 0.3) is 27.5 Å². The standard InChI is InChI=1S/C40H28N12O15S6/c1-19-23(18-41)36-42-24-9-5-6-10-29(24)52(36)38(55)32(19)47-44-25-12-11-21-22(35(25)73(61,62)63)15-30(71-67-65-57)33(34(21)53)48-46-28-16-26(43-37(54)20-7-3-2-4-8-20)27(17-31(28)72(58,59)60)45-49-39-50-51-40(70-39)68-13-14-69-66-64-56/h2-12,15-17,53,55-57H,13-14H2,1H3,(H,43,54)(H,58,59,60)(H,61,62,63). The Morgan fingerprint density at radius 1 is 0.808 bits per heavy atom. The lowest BCUT2D eigenvalue weighted by molar-refractivity contribution is -0.432. The van der Waals surface area contributed by atoms with Crippen molar-refractivity contribution in [1.29, 1.82) is 5.26 Å². The third-order valence-corrected chi connectivity index (χ3v) is 15.1. The number of hydrogen-bond donors (Lipinski definition) is 7. The van der Waals surface area contributed by atoms with Crippen LogP contribution in [0.4, 0.5) is 39.3 Å². The molecule has 0 spiro atoms. The zero-order chi connectivity index (χ0) is 52.0. The van der Waals surface area contributed by atoms with Crippen LogP contribution in [0.15, 0.2) is 135 Å². The predicted molar refractivity (Wildman–Crippen MR) is 261 cm³/mol. The predicted octanol–water partition coefficient (Wildman–Crippen LogP) is 10.7. The molecular formula is C40H28N12O15S6. The number of para-hydroxylation sites is 2. The van der Waals surface area contributed by atoms with Crippen molar-refractivity contribution in [1.82, 2.24) is 19.6 Å². The topological polar surface area (TPSA) is 397 Å². The molecular weight excluding hydrogens is 1080 g/mol. The molecule has 8 aromatic rings. The zero-order valence-electron chi connectivity index (χ0n) is 36.2. The third-order valence-electron chi connectivity index (χ3n) is 9.89. The maximum absolute atomic E-state index is 13.4. The summed E-state index contributed by atoms with van der Waals surface area (Å²) in [7, 11) is -10.5. The Kier molecular flexibility index (Phi) is 16.0. The van der Waals surface area contributed by atoms with Gasteiger partial charge in [-0.25, -0.2) is 15.5 Å². The average molecular weight is 1110 g/mol. The molecule has 3 aromatic heterocycles. The molecule has 8 rings (SSSR count). The molecule has 3 heterocycles. The highest BCUT2D eigenvalue weighted by molar-refractivity contribution is 8.02. The Bertz CT molecular complexity index is 3840. The molecule has 0 aliphatic heterocycles. The Labute approximate surface area is 425 Å². The minimum atomic E-state index is -5.31. The number of nitriles is 1. The molecule has 0 fully saturated rings. The van der Waals surface area contributed by atoms with Gasteiger partial charge in [-0.3, -0.25) is 18.3 Å². The summed E-state index contributed by atoms with van der Waals surface area (Å²) >= 11 is 3.19. The van der Waals surface area contributed by atoms with E-state index in [1.165, 1.54) is 35.2 Å². The molecule has 0 saturated carbocycles. The summed E-state index contributed by atoms with van der Waals surface area (Å²) in [6, 6.07) is 21.4. The lowest BCUT2D eigenvalue weighted by Crippen LogP contribution is -2.12. The van der Waals surface area contributed by atoms with Crippen LogP contribution in [-0.4, -0.2) is 83.7 Å². The highest BCUT2D eigenvalue weighted by Gasteiger charge is 2.27. The summed E-state index contributed by atoms with van der Waals surface area (Å²) in [5.41, 5.74) is -1.43. The largest absolute Gasteiger partial charge is 0.505 e. The highest BCUT2D eigenvalue weighted by atomic mass is 32.2. The van der Waals surface area contributed by atoms with Crippen molar-refractivity contribution in [3.05, 3.63) is 102 Å². The van der Waals surface area contributed by atoms with Crippen LogP contribution in [0.5, 0.6) is 11.6 Å². The summed E-state index contributed by atoms with van der Waals surface area (Å²) in [6.07, 6.45) is 0. The maximum Gasteiger partial charge on any atom is 0.297 e. The number of carbonyl (C=O) groups is 1. The Morgan fingerprint density at radius 2 is 1.52 bits per heavy atom. The third kappa shape index (κ3) is 11.4. The molecule has 7 N–H and O–H groups in total. The van der Waals surface area contributed by atoms with Gasteiger partial charge in [-0.05, 0) is 61.5 Å². The van der Waals surface area contributed by atoms with Crippen molar-refractivity contribution in [2.45, 2.75) is 25.9 Å². The van der Waals surface area contributed by atoms with Gasteiger partial charge in [0.2, 0.25) is 5.88 Å². The van der Waals surface area contributed by atoms with Gasteiger partial charge in [0.05, 0.1) is 33.7 Å². The fraction of sp³-hybridized carbons (Fsp3) is 0.0750. The number of aromatic hydroxyl groups is 2. The number of aromatic nitrogens is 4. The highest BCUT2D eigenvalue weighted by Crippen LogP contribution is 2.49. The van der Waals surface area contributed by atoms with Gasteiger partial charge in [-0.2, -0.15) is 22.1 Å². The van der Waals surface area contributed by atoms with Gasteiger partial charge in [0.25, 0.3) is 31.3 Å². The van der Waals surface area contributed by atoms with E-state index in [0.29, 0.717) is 26.9 Å². The first-order valence-corrected chi connectivity index (χ1v) is 26.2. The molecule has 0 aliphatic rings. The van der Waals surface area contributed by atoms with Crippen LogP contribution < -0.4 is 5.32 Å². The van der Waals surface area contributed by atoms with E-state index in [2.05, 4.69) is 69.9 Å². The minimum Gasteiger partial charge on any atom is -0.505 e. The number of thioether (sulfide) groups is 1. The van der Waals surface area contributed by atoms with Crippen molar-refractivity contribution >= 4 is 140 Å². The maximum atomic E-state index is 13.4. The van der Waals surface area contributed by atoms with Crippen molar-refractivity contribution in [3.63, 3.8) is 0 Å². The second-order valence-corrected chi connectivity index (χ2v) is 20.8. The van der Waals surface area contributed by atoms with E-state index in [9.17, 15) is 46.2 Å². The van der Waals surface area contributed by atoms with Gasteiger partial charge in [0.15, 0.2) is 21.4 Å². The van der Waals surface area contributed by atoms with Crippen LogP contribution >= 0.6 is 47.2 Å². The number of imidazole rings is 1. The number of rotatable bonds is 19. The number of benzene rings is 5. The molecule has 0 radical (unpaired) electrons. The number of amides is 1. The first-order valence-electron chi connectivity index (χ1n) is 19.8. The van der Waals surface area contributed by atoms with Gasteiger partial charge in [-0.1, -0.05) is 63.5 Å². The molecule has 0 aliphatic carbocycles. The number of phenolic OH excluding ortho intramolecular Hbond substituents is 1. The number of nitrogens with zero attached hydrogens (tertiary/aromatic N) is 11. The Balaban J connectivity index is 1.22. The van der Waals surface area contributed by atoms with Gasteiger partial charge in [-0.15, -0.1) is 49.6 Å². The quantitative estimate of drug-likeness (QED) is 0.00752. The van der Waals surface area contributed by atoms with E-state index >= 15 is 0 Å². The van der Waals surface area contributed by atoms with Crippen LogP contribution in [0.2, 0.25) is 0 Å². The molecule has 0 bridgehead atoms. The molecule has 0 atom stereocenters. The minimum absolute atomic E-state index is 0.00859. The smallest absolute Gasteiger partial charge is 0.297 e. The second-order valence-electron chi connectivity index (χ2n) is 14.2. The number of anilines is 1. The van der Waals surface area contributed by atoms with Crippen molar-refractivity contribution in [2.75, 3.05) is 16.8 Å². The SMILES string of the molecule is Cc1c(N=Nc2ccc3c(O)c(N=Nc4cc(NC(=O)c5ccccc5)c(N=Nc5nnc(SCCSOOO)s5)cc4S(=O)(=O)O)c(SOOO)cc3c2S(=O)(=O)O)c(O)n2c(nc3ccccc32)c1C#N. The van der Waals surface area contributed by atoms with E-state index < -0.39 is 74.9 Å². The van der Waals surface area contributed by atoms with Crippen molar-refractivity contribution in [3.8, 4) is 17.7 Å².